The van der Waals surface area contributed by atoms with Gasteiger partial charge in [0.1, 0.15) is 0 Å². The molecule has 0 aromatic heterocycles. The summed E-state index contributed by atoms with van der Waals surface area (Å²) in [6, 6.07) is -1.52. The zero-order valence-corrected chi connectivity index (χ0v) is 16.1. The minimum Gasteiger partial charge on any atom is -0.369 e. The van der Waals surface area contributed by atoms with Crippen LogP contribution in [-0.2, 0) is 14.8 Å². The first-order chi connectivity index (χ1) is 12.8. The highest BCUT2D eigenvalue weighted by molar-refractivity contribution is 7.89. The number of sulfonamides is 1. The van der Waals surface area contributed by atoms with Crippen molar-refractivity contribution in [2.45, 2.75) is 73.9 Å². The molecule has 28 heavy (non-hydrogen) atoms. The average molecular weight is 438 g/mol. The van der Waals surface area contributed by atoms with Gasteiger partial charge in [0.2, 0.25) is 10.0 Å². The Morgan fingerprint density at radius 2 is 1.61 bits per heavy atom. The number of piperidine rings is 1. The monoisotopic (exact) mass is 438 g/mol. The maximum atomic E-state index is 13.4. The van der Waals surface area contributed by atoms with Gasteiger partial charge in [0.05, 0.1) is 23.0 Å². The highest BCUT2D eigenvalue weighted by atomic mass is 32.2. The van der Waals surface area contributed by atoms with Gasteiger partial charge in [0, 0.05) is 7.05 Å². The number of hydrogen-bond donors (Lipinski definition) is 1. The van der Waals surface area contributed by atoms with Crippen LogP contribution in [0, 0.1) is 5.92 Å². The molecule has 164 valence electrons. The minimum atomic E-state index is -5.60. The van der Waals surface area contributed by atoms with E-state index in [2.05, 4.69) is 5.32 Å². The van der Waals surface area contributed by atoms with Crippen molar-refractivity contribution in [2.24, 2.45) is 5.92 Å². The molecular weight excluding hydrogens is 414 g/mol. The molecule has 0 radical (unpaired) electrons. The van der Waals surface area contributed by atoms with E-state index in [0.717, 1.165) is 11.4 Å². The largest absolute Gasteiger partial charge is 0.403 e. The fourth-order valence-corrected chi connectivity index (χ4v) is 6.36. The standard InChI is InChI=1S/C16H24F6N2O3S/c1-24(28(25,26)10-3-2-4-10)11-9-14(5-7-23-8-6-14)27-12(11)13(15(17,18)19)16(20,21)22/h10-13,23H,2-9H2,1H3. The van der Waals surface area contributed by atoms with Crippen LogP contribution < -0.4 is 5.32 Å². The average Bonchev–Trinajstić information content (AvgIpc) is 2.80. The first kappa shape index (κ1) is 22.1. The van der Waals surface area contributed by atoms with E-state index >= 15 is 0 Å². The van der Waals surface area contributed by atoms with Gasteiger partial charge in [0.25, 0.3) is 0 Å². The normalized spacial score (nSPS) is 29.6. The van der Waals surface area contributed by atoms with Crippen LogP contribution in [0.1, 0.15) is 38.5 Å². The van der Waals surface area contributed by atoms with E-state index in [1.165, 1.54) is 0 Å². The Morgan fingerprint density at radius 1 is 1.07 bits per heavy atom. The van der Waals surface area contributed by atoms with Crippen LogP contribution in [0.5, 0.6) is 0 Å². The Bertz CT molecular complexity index is 657. The molecule has 0 bridgehead atoms. The van der Waals surface area contributed by atoms with Gasteiger partial charge in [0.15, 0.2) is 5.92 Å². The number of ether oxygens (including phenoxy) is 1. The molecule has 3 fully saturated rings. The van der Waals surface area contributed by atoms with Crippen molar-refractivity contribution >= 4 is 10.0 Å². The summed E-state index contributed by atoms with van der Waals surface area (Å²) in [5.74, 6) is -3.74. The number of rotatable bonds is 4. The van der Waals surface area contributed by atoms with Gasteiger partial charge >= 0.3 is 12.4 Å². The number of likely N-dealkylation sites (N-methyl/N-ethyl adjacent to an activating group) is 1. The van der Waals surface area contributed by atoms with E-state index in [-0.39, 0.29) is 19.3 Å². The summed E-state index contributed by atoms with van der Waals surface area (Å²) in [5, 5.41) is 2.24. The Hall–Kier alpha value is -0.590. The molecular formula is C16H24F6N2O3S. The molecule has 2 aliphatic heterocycles. The number of hydrogen-bond acceptors (Lipinski definition) is 4. The molecule has 1 N–H and O–H groups in total. The predicted octanol–water partition coefficient (Wildman–Crippen LogP) is 2.82. The van der Waals surface area contributed by atoms with Crippen molar-refractivity contribution in [3.63, 3.8) is 0 Å². The fraction of sp³-hybridized carbons (Fsp3) is 1.00. The predicted molar refractivity (Wildman–Crippen MR) is 88.0 cm³/mol. The van der Waals surface area contributed by atoms with Crippen molar-refractivity contribution in [3.8, 4) is 0 Å². The molecule has 2 atom stereocenters. The lowest BCUT2D eigenvalue weighted by molar-refractivity contribution is -0.315. The number of nitrogens with one attached hydrogen (secondary N) is 1. The second kappa shape index (κ2) is 7.28. The summed E-state index contributed by atoms with van der Waals surface area (Å²) >= 11 is 0. The second-order valence-electron chi connectivity index (χ2n) is 7.96. The molecule has 0 aromatic rings. The molecule has 5 nitrogen and oxygen atoms in total. The third kappa shape index (κ3) is 4.01. The van der Waals surface area contributed by atoms with Gasteiger partial charge in [-0.25, -0.2) is 8.42 Å². The van der Waals surface area contributed by atoms with Gasteiger partial charge in [-0.2, -0.15) is 30.6 Å². The second-order valence-corrected chi connectivity index (χ2v) is 10.2. The van der Waals surface area contributed by atoms with Crippen molar-refractivity contribution in [1.82, 2.24) is 9.62 Å². The highest BCUT2D eigenvalue weighted by Gasteiger charge is 2.67. The van der Waals surface area contributed by atoms with Crippen LogP contribution in [0.3, 0.4) is 0 Å². The molecule has 2 saturated heterocycles. The lowest BCUT2D eigenvalue weighted by Crippen LogP contribution is -2.55. The molecule has 3 rings (SSSR count). The topological polar surface area (TPSA) is 58.6 Å². The van der Waals surface area contributed by atoms with Crippen molar-refractivity contribution in [2.75, 3.05) is 20.1 Å². The molecule has 2 heterocycles. The quantitative estimate of drug-likeness (QED) is 0.686. The summed E-state index contributed by atoms with van der Waals surface area (Å²) in [6.45, 7) is 0.780. The summed E-state index contributed by atoms with van der Waals surface area (Å²) in [4.78, 5) is 0. The van der Waals surface area contributed by atoms with Crippen LogP contribution in [-0.4, -0.2) is 68.2 Å². The number of halogens is 6. The van der Waals surface area contributed by atoms with E-state index in [0.29, 0.717) is 32.4 Å². The molecule has 0 amide bonds. The van der Waals surface area contributed by atoms with Crippen molar-refractivity contribution < 1.29 is 39.5 Å². The van der Waals surface area contributed by atoms with Crippen molar-refractivity contribution in [3.05, 3.63) is 0 Å². The van der Waals surface area contributed by atoms with Gasteiger partial charge in [-0.1, -0.05) is 6.42 Å². The third-order valence-electron chi connectivity index (χ3n) is 6.24. The Kier molecular flexibility index (Phi) is 5.74. The number of alkyl halides is 6. The van der Waals surface area contributed by atoms with Gasteiger partial charge < -0.3 is 10.1 Å². The lowest BCUT2D eigenvalue weighted by atomic mass is 9.86. The maximum Gasteiger partial charge on any atom is 0.403 e. The van der Waals surface area contributed by atoms with Crippen LogP contribution in [0.4, 0.5) is 26.3 Å². The first-order valence-electron chi connectivity index (χ1n) is 9.27. The van der Waals surface area contributed by atoms with Gasteiger partial charge in [-0.05, 0) is 45.2 Å². The summed E-state index contributed by atoms with van der Waals surface area (Å²) < 4.78 is 112. The molecule has 12 heteroatoms. The molecule has 1 aliphatic carbocycles. The molecule has 1 spiro atoms. The Balaban J connectivity index is 1.98. The van der Waals surface area contributed by atoms with E-state index in [9.17, 15) is 34.8 Å². The zero-order chi connectivity index (χ0) is 21.0. The molecule has 3 aliphatic rings. The summed E-state index contributed by atoms with van der Waals surface area (Å²) in [6.07, 6.45) is -11.8. The Labute approximate surface area is 159 Å². The minimum absolute atomic E-state index is 0.176. The van der Waals surface area contributed by atoms with E-state index in [4.69, 9.17) is 4.74 Å². The SMILES string of the molecule is CN(C1CC2(CCNCC2)OC1C(C(F)(F)F)C(F)(F)F)S(=O)(=O)C1CCC1. The molecule has 2 unspecified atom stereocenters. The highest BCUT2D eigenvalue weighted by Crippen LogP contribution is 2.51. The number of nitrogens with zero attached hydrogens (tertiary/aromatic N) is 1. The Morgan fingerprint density at radius 3 is 2.04 bits per heavy atom. The maximum absolute atomic E-state index is 13.4. The zero-order valence-electron chi connectivity index (χ0n) is 15.3. The first-order valence-corrected chi connectivity index (χ1v) is 10.8. The molecule has 0 aromatic carbocycles. The van der Waals surface area contributed by atoms with Crippen LogP contribution in [0.25, 0.3) is 0 Å². The third-order valence-corrected chi connectivity index (χ3v) is 8.62. The lowest BCUT2D eigenvalue weighted by Gasteiger charge is -2.37. The summed E-state index contributed by atoms with van der Waals surface area (Å²) in [5.41, 5.74) is -1.18. The van der Waals surface area contributed by atoms with E-state index in [1.54, 1.807) is 0 Å². The molecule has 1 saturated carbocycles. The van der Waals surface area contributed by atoms with Crippen LogP contribution >= 0.6 is 0 Å². The fourth-order valence-electron chi connectivity index (χ4n) is 4.39. The smallest absolute Gasteiger partial charge is 0.369 e. The van der Waals surface area contributed by atoms with E-state index < -0.39 is 51.3 Å². The van der Waals surface area contributed by atoms with Crippen molar-refractivity contribution in [1.29, 1.82) is 0 Å². The van der Waals surface area contributed by atoms with Gasteiger partial charge in [-0.15, -0.1) is 0 Å². The van der Waals surface area contributed by atoms with Gasteiger partial charge in [-0.3, -0.25) is 0 Å². The van der Waals surface area contributed by atoms with Crippen LogP contribution in [0.15, 0.2) is 0 Å². The van der Waals surface area contributed by atoms with E-state index in [1.807, 2.05) is 0 Å². The van der Waals surface area contributed by atoms with Crippen LogP contribution in [0.2, 0.25) is 0 Å². The summed E-state index contributed by atoms with van der Waals surface area (Å²) in [7, 11) is -2.91.